The second-order valence-corrected chi connectivity index (χ2v) is 8.99. The number of rotatable bonds is 1. The summed E-state index contributed by atoms with van der Waals surface area (Å²) in [6, 6.07) is 0. The summed E-state index contributed by atoms with van der Waals surface area (Å²) in [5.41, 5.74) is 3.00. The lowest BCUT2D eigenvalue weighted by Crippen LogP contribution is -2.49. The molecule has 0 aromatic rings. The van der Waals surface area contributed by atoms with E-state index in [1.807, 2.05) is 13.0 Å². The van der Waals surface area contributed by atoms with Crippen LogP contribution < -0.4 is 0 Å². The fourth-order valence-corrected chi connectivity index (χ4v) is 4.55. The van der Waals surface area contributed by atoms with Gasteiger partial charge in [-0.3, -0.25) is 0 Å². The molecule has 2 bridgehead atoms. The summed E-state index contributed by atoms with van der Waals surface area (Å²) in [6.45, 7) is 1.97. The summed E-state index contributed by atoms with van der Waals surface area (Å²) < 4.78 is 12.3. The molecule has 0 aliphatic carbocycles. The Morgan fingerprint density at radius 3 is 2.45 bits per heavy atom. The van der Waals surface area contributed by atoms with Gasteiger partial charge in [0, 0.05) is 21.6 Å². The zero-order valence-electron chi connectivity index (χ0n) is 12.1. The molecule has 8 atom stereocenters. The Morgan fingerprint density at radius 1 is 1.05 bits per heavy atom. The van der Waals surface area contributed by atoms with Crippen molar-refractivity contribution in [2.45, 2.75) is 71.6 Å². The average molecular weight is 497 g/mol. The molecule has 7 heteroatoms. The fourth-order valence-electron chi connectivity index (χ4n) is 2.85. The average Bonchev–Trinajstić information content (AvgIpc) is 2.47. The van der Waals surface area contributed by atoms with E-state index in [2.05, 4.69) is 37.6 Å². The quantitative estimate of drug-likeness (QED) is 0.359. The molecule has 126 valence electrons. The third-order valence-corrected chi connectivity index (χ3v) is 7.21. The van der Waals surface area contributed by atoms with Gasteiger partial charge in [-0.15, -0.1) is 40.5 Å². The molecule has 2 nitrogen and oxygen atoms in total. The van der Waals surface area contributed by atoms with Crippen molar-refractivity contribution >= 4 is 66.7 Å². The van der Waals surface area contributed by atoms with E-state index < -0.39 is 0 Å². The summed E-state index contributed by atoms with van der Waals surface area (Å²) in [6.07, 6.45) is 3.43. The highest BCUT2D eigenvalue weighted by molar-refractivity contribution is 9.11. The number of halogens is 5. The molecule has 2 heterocycles. The Bertz CT molecular complexity index is 431. The molecule has 0 amide bonds. The predicted octanol–water partition coefficient (Wildman–Crippen LogP) is 5.36. The van der Waals surface area contributed by atoms with E-state index in [-0.39, 0.29) is 45.4 Å². The van der Waals surface area contributed by atoms with Crippen molar-refractivity contribution in [3.05, 3.63) is 16.8 Å². The van der Waals surface area contributed by atoms with Crippen molar-refractivity contribution in [2.75, 3.05) is 0 Å². The fraction of sp³-hybridized carbons (Fsp3) is 0.800. The Balaban J connectivity index is 2.24. The number of hydrogen-bond donors (Lipinski definition) is 0. The second-order valence-electron chi connectivity index (χ2n) is 5.73. The van der Waals surface area contributed by atoms with Crippen molar-refractivity contribution in [2.24, 2.45) is 0 Å². The topological polar surface area (TPSA) is 18.5 Å². The first kappa shape index (κ1) is 19.6. The Labute approximate surface area is 163 Å². The molecular weight excluding hydrogens is 478 g/mol. The molecule has 0 N–H and O–H groups in total. The zero-order valence-corrected chi connectivity index (χ0v) is 17.5. The summed E-state index contributed by atoms with van der Waals surface area (Å²) in [5, 5.41) is -0.458. The molecule has 2 aliphatic heterocycles. The summed E-state index contributed by atoms with van der Waals surface area (Å²) in [5.74, 6) is 0. The molecule has 2 fully saturated rings. The van der Waals surface area contributed by atoms with Crippen LogP contribution in [0.15, 0.2) is 16.8 Å². The van der Waals surface area contributed by atoms with Gasteiger partial charge in [0.15, 0.2) is 0 Å². The van der Waals surface area contributed by atoms with Crippen LogP contribution in [-0.2, 0) is 9.47 Å². The van der Waals surface area contributed by atoms with Crippen LogP contribution in [0.2, 0.25) is 0 Å². The molecule has 0 aromatic heterocycles. The summed E-state index contributed by atoms with van der Waals surface area (Å²) in [7, 11) is 0. The molecule has 0 spiro atoms. The summed E-state index contributed by atoms with van der Waals surface area (Å²) in [4.78, 5) is 1.79. The van der Waals surface area contributed by atoms with Gasteiger partial charge in [-0.25, -0.2) is 0 Å². The SMILES string of the molecule is C[C@@H]1O[C@H](C=C=CBr)C[C@H]2O[C@H](C[C@H](Br)[C@H](Cl)C[C@H]2Cl)[C@H]1Cl. The van der Waals surface area contributed by atoms with Crippen molar-refractivity contribution < 1.29 is 9.47 Å². The number of fused-ring (bicyclic) bond motifs is 2. The lowest BCUT2D eigenvalue weighted by atomic mass is 9.95. The third-order valence-electron chi connectivity index (χ3n) is 4.06. The van der Waals surface area contributed by atoms with Gasteiger partial charge in [-0.2, -0.15) is 0 Å². The van der Waals surface area contributed by atoms with Crippen molar-refractivity contribution in [3.63, 3.8) is 0 Å². The van der Waals surface area contributed by atoms with Crippen LogP contribution in [0.25, 0.3) is 0 Å². The molecule has 0 saturated carbocycles. The highest BCUT2D eigenvalue weighted by Gasteiger charge is 2.41. The minimum absolute atomic E-state index is 0.0349. The molecule has 0 unspecified atom stereocenters. The van der Waals surface area contributed by atoms with Crippen molar-refractivity contribution in [1.29, 1.82) is 0 Å². The highest BCUT2D eigenvalue weighted by atomic mass is 79.9. The first-order chi connectivity index (χ1) is 10.4. The van der Waals surface area contributed by atoms with Gasteiger partial charge >= 0.3 is 0 Å². The van der Waals surface area contributed by atoms with Gasteiger partial charge in [-0.05, 0) is 25.8 Å². The first-order valence-corrected chi connectivity index (χ1v) is 10.4. The van der Waals surface area contributed by atoms with Gasteiger partial charge in [0.25, 0.3) is 0 Å². The normalized spacial score (nSPS) is 46.5. The maximum Gasteiger partial charge on any atom is 0.0859 e. The van der Waals surface area contributed by atoms with E-state index in [9.17, 15) is 0 Å². The van der Waals surface area contributed by atoms with Crippen LogP contribution in [0.5, 0.6) is 0 Å². The molecule has 2 aliphatic rings. The standard InChI is InChI=1S/C15H19Br2Cl3O2/c1-8-15(20)14-6-10(17)11(18)7-12(19)13(22-14)5-9(21-8)3-2-4-16/h3-4,8-15H,5-7H2,1H3/t2?,8-,9+,10-,11+,12+,13+,14+,15-/m0/s1. The molecule has 0 radical (unpaired) electrons. The van der Waals surface area contributed by atoms with Gasteiger partial charge in [0.1, 0.15) is 0 Å². The van der Waals surface area contributed by atoms with Crippen LogP contribution in [0.4, 0.5) is 0 Å². The lowest BCUT2D eigenvalue weighted by Gasteiger charge is -2.41. The van der Waals surface area contributed by atoms with E-state index in [0.717, 1.165) is 6.42 Å². The van der Waals surface area contributed by atoms with Crippen LogP contribution in [0, 0.1) is 0 Å². The van der Waals surface area contributed by atoms with E-state index in [1.54, 1.807) is 4.99 Å². The van der Waals surface area contributed by atoms with Gasteiger partial charge in [0.05, 0.1) is 35.2 Å². The van der Waals surface area contributed by atoms with Crippen LogP contribution in [0.1, 0.15) is 26.2 Å². The molecular formula is C15H19Br2Cl3O2. The van der Waals surface area contributed by atoms with E-state index >= 15 is 0 Å². The number of ether oxygens (including phenoxy) is 2. The Hall–Kier alpha value is 1.27. The van der Waals surface area contributed by atoms with E-state index in [0.29, 0.717) is 12.8 Å². The number of alkyl halides is 4. The smallest absolute Gasteiger partial charge is 0.0859 e. The maximum atomic E-state index is 6.59. The van der Waals surface area contributed by atoms with Gasteiger partial charge in [-0.1, -0.05) is 31.9 Å². The number of hydrogen-bond acceptors (Lipinski definition) is 2. The van der Waals surface area contributed by atoms with Gasteiger partial charge in [0.2, 0.25) is 0 Å². The second kappa shape index (κ2) is 9.10. The van der Waals surface area contributed by atoms with Crippen LogP contribution >= 0.6 is 66.7 Å². The first-order valence-electron chi connectivity index (χ1n) is 7.30. The highest BCUT2D eigenvalue weighted by Crippen LogP contribution is 2.36. The van der Waals surface area contributed by atoms with Crippen molar-refractivity contribution in [1.82, 2.24) is 0 Å². The zero-order chi connectivity index (χ0) is 16.3. The lowest BCUT2D eigenvalue weighted by molar-refractivity contribution is -0.108. The van der Waals surface area contributed by atoms with Crippen LogP contribution in [0.3, 0.4) is 0 Å². The molecule has 2 saturated heterocycles. The Morgan fingerprint density at radius 2 is 1.77 bits per heavy atom. The van der Waals surface area contributed by atoms with Gasteiger partial charge < -0.3 is 9.47 Å². The van der Waals surface area contributed by atoms with Crippen molar-refractivity contribution in [3.8, 4) is 0 Å². The van der Waals surface area contributed by atoms with E-state index in [4.69, 9.17) is 44.3 Å². The molecule has 2 rings (SSSR count). The third kappa shape index (κ3) is 5.13. The minimum atomic E-state index is -0.252. The molecule has 0 aromatic carbocycles. The van der Waals surface area contributed by atoms with Crippen LogP contribution in [-0.4, -0.2) is 45.4 Å². The predicted molar refractivity (Wildman–Crippen MR) is 100 cm³/mol. The Kier molecular flexibility index (Phi) is 8.11. The minimum Gasteiger partial charge on any atom is -0.372 e. The molecule has 22 heavy (non-hydrogen) atoms. The largest absolute Gasteiger partial charge is 0.372 e. The maximum absolute atomic E-state index is 6.59. The monoisotopic (exact) mass is 494 g/mol. The van der Waals surface area contributed by atoms with E-state index in [1.165, 1.54) is 0 Å². The summed E-state index contributed by atoms with van der Waals surface area (Å²) >= 11 is 26.4.